The molecule has 0 saturated carbocycles. The SMILES string of the molecule is NP=S.c1ccc(-c2ccccc2)cc1. The number of hydrogen-bond donors (Lipinski definition) is 1. The zero-order valence-electron chi connectivity index (χ0n) is 8.21. The summed E-state index contributed by atoms with van der Waals surface area (Å²) in [6.45, 7) is 0. The molecule has 2 rings (SSSR count). The first-order chi connectivity index (χ1) is 7.38. The maximum atomic E-state index is 4.63. The van der Waals surface area contributed by atoms with Crippen molar-refractivity contribution in [2.45, 2.75) is 0 Å². The van der Waals surface area contributed by atoms with Crippen LogP contribution in [0.25, 0.3) is 11.1 Å². The predicted molar refractivity (Wildman–Crippen MR) is 70.4 cm³/mol. The highest BCUT2D eigenvalue weighted by Crippen LogP contribution is 2.17. The fraction of sp³-hybridized carbons (Fsp3) is 0. The van der Waals surface area contributed by atoms with Crippen molar-refractivity contribution in [1.82, 2.24) is 0 Å². The molecule has 2 aromatic rings. The summed E-state index contributed by atoms with van der Waals surface area (Å²) >= 11 is 4.14. The molecule has 0 heterocycles. The fourth-order valence-electron chi connectivity index (χ4n) is 1.26. The number of hydrogen-bond acceptors (Lipinski definition) is 1. The molecule has 0 bridgehead atoms. The van der Waals surface area contributed by atoms with E-state index >= 15 is 0 Å². The van der Waals surface area contributed by atoms with Crippen LogP contribution in [0.4, 0.5) is 0 Å². The number of benzene rings is 2. The van der Waals surface area contributed by atoms with Crippen molar-refractivity contribution < 1.29 is 0 Å². The van der Waals surface area contributed by atoms with Gasteiger partial charge < -0.3 is 0 Å². The molecule has 76 valence electrons. The van der Waals surface area contributed by atoms with E-state index in [-0.39, 0.29) is 0 Å². The normalized spacial score (nSPS) is 9.13. The molecule has 0 spiro atoms. The fourth-order valence-corrected chi connectivity index (χ4v) is 1.26. The summed E-state index contributed by atoms with van der Waals surface area (Å²) in [7, 11) is 0.500. The van der Waals surface area contributed by atoms with E-state index in [2.05, 4.69) is 65.8 Å². The van der Waals surface area contributed by atoms with Crippen LogP contribution in [0.3, 0.4) is 0 Å². The van der Waals surface area contributed by atoms with Crippen molar-refractivity contribution in [3.8, 4) is 11.1 Å². The molecule has 0 amide bonds. The topological polar surface area (TPSA) is 26.0 Å². The molecule has 1 nitrogen and oxygen atoms in total. The average Bonchev–Trinajstić information content (AvgIpc) is 2.32. The minimum absolute atomic E-state index is 0.500. The van der Waals surface area contributed by atoms with E-state index < -0.39 is 0 Å². The van der Waals surface area contributed by atoms with Crippen LogP contribution in [0.5, 0.6) is 0 Å². The highest BCUT2D eigenvalue weighted by Gasteiger charge is 1.91. The lowest BCUT2D eigenvalue weighted by molar-refractivity contribution is 1.62. The molecule has 3 heteroatoms. The van der Waals surface area contributed by atoms with Gasteiger partial charge in [-0.05, 0) is 22.9 Å². The minimum atomic E-state index is 0.500. The van der Waals surface area contributed by atoms with Gasteiger partial charge in [0.2, 0.25) is 0 Å². The Morgan fingerprint density at radius 1 is 0.733 bits per heavy atom. The van der Waals surface area contributed by atoms with Gasteiger partial charge in [-0.3, -0.25) is 5.50 Å². The first-order valence-electron chi connectivity index (χ1n) is 4.51. The van der Waals surface area contributed by atoms with Gasteiger partial charge in [0.1, 0.15) is 0 Å². The Morgan fingerprint density at radius 3 is 1.27 bits per heavy atom. The molecule has 0 radical (unpaired) electrons. The molecule has 2 aromatic carbocycles. The van der Waals surface area contributed by atoms with Crippen LogP contribution in [0.1, 0.15) is 0 Å². The minimum Gasteiger partial charge on any atom is -0.276 e. The molecular weight excluding hydrogens is 221 g/mol. The van der Waals surface area contributed by atoms with Gasteiger partial charge in [0, 0.05) is 0 Å². The van der Waals surface area contributed by atoms with Crippen molar-refractivity contribution in [1.29, 1.82) is 0 Å². The van der Waals surface area contributed by atoms with Crippen LogP contribution in [-0.2, 0) is 11.8 Å². The third-order valence-electron chi connectivity index (χ3n) is 1.88. The van der Waals surface area contributed by atoms with Crippen molar-refractivity contribution in [3.63, 3.8) is 0 Å². The lowest BCUT2D eigenvalue weighted by Crippen LogP contribution is -1.73. The molecule has 15 heavy (non-hydrogen) atoms. The molecule has 0 aromatic heterocycles. The molecule has 0 aliphatic heterocycles. The van der Waals surface area contributed by atoms with Gasteiger partial charge in [0.25, 0.3) is 0 Å². The van der Waals surface area contributed by atoms with Crippen LogP contribution in [-0.4, -0.2) is 0 Å². The quantitative estimate of drug-likeness (QED) is 0.761. The standard InChI is InChI=1S/C12H10.H2NPS/c1-3-7-11(8-4-1)12-9-5-2-6-10-12;1-2-3/h1-10H;(H2,1,3). The number of rotatable bonds is 1. The molecule has 0 saturated heterocycles. The zero-order valence-corrected chi connectivity index (χ0v) is 9.92. The van der Waals surface area contributed by atoms with Crippen LogP contribution >= 0.6 is 7.51 Å². The zero-order chi connectivity index (χ0) is 10.9. The molecule has 0 fully saturated rings. The van der Waals surface area contributed by atoms with Crippen LogP contribution < -0.4 is 5.50 Å². The maximum absolute atomic E-state index is 4.63. The van der Waals surface area contributed by atoms with E-state index in [9.17, 15) is 0 Å². The predicted octanol–water partition coefficient (Wildman–Crippen LogP) is 3.62. The van der Waals surface area contributed by atoms with Gasteiger partial charge >= 0.3 is 0 Å². The Labute approximate surface area is 96.8 Å². The maximum Gasteiger partial charge on any atom is 0.0555 e. The first kappa shape index (κ1) is 12.0. The highest BCUT2D eigenvalue weighted by atomic mass is 32.4. The van der Waals surface area contributed by atoms with E-state index in [1.807, 2.05) is 12.1 Å². The van der Waals surface area contributed by atoms with Crippen molar-refractivity contribution in [3.05, 3.63) is 60.7 Å². The van der Waals surface area contributed by atoms with Gasteiger partial charge in [-0.15, -0.1) is 0 Å². The van der Waals surface area contributed by atoms with Crippen LogP contribution in [0.2, 0.25) is 0 Å². The summed E-state index contributed by atoms with van der Waals surface area (Å²) < 4.78 is 0. The summed E-state index contributed by atoms with van der Waals surface area (Å²) in [5.74, 6) is 0. The summed E-state index contributed by atoms with van der Waals surface area (Å²) in [6.07, 6.45) is 0. The average molecular weight is 233 g/mol. The Hall–Kier alpha value is -1.08. The summed E-state index contributed by atoms with van der Waals surface area (Å²) in [5, 5.41) is 0. The summed E-state index contributed by atoms with van der Waals surface area (Å²) in [4.78, 5) is 0. The Morgan fingerprint density at radius 2 is 1.00 bits per heavy atom. The van der Waals surface area contributed by atoms with Gasteiger partial charge in [-0.2, -0.15) is 0 Å². The van der Waals surface area contributed by atoms with E-state index in [0.717, 1.165) is 0 Å². The van der Waals surface area contributed by atoms with Gasteiger partial charge in [-0.1, -0.05) is 60.7 Å². The van der Waals surface area contributed by atoms with Crippen LogP contribution in [0.15, 0.2) is 60.7 Å². The second-order valence-electron chi connectivity index (χ2n) is 2.84. The Balaban J connectivity index is 0.000000337. The smallest absolute Gasteiger partial charge is 0.0555 e. The van der Waals surface area contributed by atoms with Gasteiger partial charge in [0.15, 0.2) is 0 Å². The van der Waals surface area contributed by atoms with E-state index in [0.29, 0.717) is 7.51 Å². The third-order valence-corrected chi connectivity index (χ3v) is 1.88. The highest BCUT2D eigenvalue weighted by molar-refractivity contribution is 7.95. The lowest BCUT2D eigenvalue weighted by atomic mass is 10.1. The molecule has 2 N–H and O–H groups in total. The van der Waals surface area contributed by atoms with Crippen molar-refractivity contribution >= 4 is 19.3 Å². The Kier molecular flexibility index (Phi) is 5.79. The van der Waals surface area contributed by atoms with E-state index in [1.165, 1.54) is 11.1 Å². The van der Waals surface area contributed by atoms with Gasteiger partial charge in [0.05, 0.1) is 7.51 Å². The molecule has 0 atom stereocenters. The Bertz CT molecular complexity index is 351. The molecular formula is C12H12NPS. The number of nitrogens with two attached hydrogens (primary N) is 1. The second-order valence-corrected chi connectivity index (χ2v) is 3.68. The molecule has 0 unspecified atom stereocenters. The molecule has 0 aliphatic rings. The second kappa shape index (κ2) is 7.24. The third kappa shape index (κ3) is 4.30. The van der Waals surface area contributed by atoms with Crippen LogP contribution in [0, 0.1) is 0 Å². The molecule has 0 aliphatic carbocycles. The van der Waals surface area contributed by atoms with E-state index in [4.69, 9.17) is 0 Å². The van der Waals surface area contributed by atoms with E-state index in [1.54, 1.807) is 0 Å². The first-order valence-corrected chi connectivity index (χ1v) is 6.49. The summed E-state index contributed by atoms with van der Waals surface area (Å²) in [5.41, 5.74) is 7.19. The lowest BCUT2D eigenvalue weighted by Gasteiger charge is -1.98. The van der Waals surface area contributed by atoms with Gasteiger partial charge in [-0.25, -0.2) is 0 Å². The largest absolute Gasteiger partial charge is 0.276 e. The summed E-state index contributed by atoms with van der Waals surface area (Å²) in [6, 6.07) is 20.8. The van der Waals surface area contributed by atoms with Crippen molar-refractivity contribution in [2.24, 2.45) is 5.50 Å². The monoisotopic (exact) mass is 233 g/mol. The van der Waals surface area contributed by atoms with Crippen molar-refractivity contribution in [2.75, 3.05) is 0 Å².